The van der Waals surface area contributed by atoms with Gasteiger partial charge in [0.1, 0.15) is 11.5 Å². The van der Waals surface area contributed by atoms with Crippen molar-refractivity contribution in [2.24, 2.45) is 0 Å². The van der Waals surface area contributed by atoms with Crippen molar-refractivity contribution < 1.29 is 9.84 Å². The van der Waals surface area contributed by atoms with E-state index in [1.165, 1.54) is 0 Å². The average Bonchev–Trinajstić information content (AvgIpc) is 2.41. The summed E-state index contributed by atoms with van der Waals surface area (Å²) in [6.07, 6.45) is 0. The third-order valence-electron chi connectivity index (χ3n) is 2.37. The first kappa shape index (κ1) is 12.4. The Morgan fingerprint density at radius 2 is 2.06 bits per heavy atom. The number of hydrogen-bond donors (Lipinski definition) is 1. The normalized spacial score (nSPS) is 9.83. The summed E-state index contributed by atoms with van der Waals surface area (Å²) in [6.45, 7) is -0.0656. The number of aliphatic hydroxyl groups excluding tert-OH is 1. The Bertz CT molecular complexity index is 605. The second kappa shape index (κ2) is 5.54. The van der Waals surface area contributed by atoms with Gasteiger partial charge in [-0.25, -0.2) is 0 Å². The number of hydrogen-bond acceptors (Lipinski definition) is 3. The third kappa shape index (κ3) is 2.80. The van der Waals surface area contributed by atoms with E-state index in [0.29, 0.717) is 22.1 Å². The molecular weight excluding hydrogens is 250 g/mol. The highest BCUT2D eigenvalue weighted by molar-refractivity contribution is 6.32. The number of rotatable bonds is 3. The molecule has 0 aliphatic carbocycles. The van der Waals surface area contributed by atoms with Crippen molar-refractivity contribution in [3.05, 3.63) is 58.6 Å². The van der Waals surface area contributed by atoms with E-state index >= 15 is 0 Å². The van der Waals surface area contributed by atoms with Gasteiger partial charge in [0.05, 0.1) is 23.3 Å². The summed E-state index contributed by atoms with van der Waals surface area (Å²) in [5.41, 5.74) is 1.24. The van der Waals surface area contributed by atoms with Crippen molar-refractivity contribution in [1.29, 1.82) is 5.26 Å². The molecule has 0 aromatic heterocycles. The zero-order valence-electron chi connectivity index (χ0n) is 9.43. The number of ether oxygens (including phenoxy) is 1. The number of nitrogens with zero attached hydrogens (tertiary/aromatic N) is 1. The molecule has 0 aliphatic heterocycles. The van der Waals surface area contributed by atoms with Gasteiger partial charge in [0.25, 0.3) is 0 Å². The van der Waals surface area contributed by atoms with Crippen LogP contribution in [0.25, 0.3) is 0 Å². The Morgan fingerprint density at radius 1 is 1.22 bits per heavy atom. The predicted octanol–water partition coefficient (Wildman–Crippen LogP) is 3.50. The van der Waals surface area contributed by atoms with E-state index in [-0.39, 0.29) is 6.61 Å². The van der Waals surface area contributed by atoms with Crippen molar-refractivity contribution in [1.82, 2.24) is 0 Å². The lowest BCUT2D eigenvalue weighted by Crippen LogP contribution is -1.88. The zero-order valence-corrected chi connectivity index (χ0v) is 10.2. The minimum Gasteiger partial charge on any atom is -0.456 e. The van der Waals surface area contributed by atoms with E-state index < -0.39 is 0 Å². The molecule has 0 saturated carbocycles. The van der Waals surface area contributed by atoms with Crippen LogP contribution in [0.3, 0.4) is 0 Å². The quantitative estimate of drug-likeness (QED) is 0.918. The van der Waals surface area contributed by atoms with Crippen LogP contribution in [0.15, 0.2) is 42.5 Å². The van der Waals surface area contributed by atoms with Crippen LogP contribution in [-0.2, 0) is 6.61 Å². The fourth-order valence-electron chi connectivity index (χ4n) is 1.48. The maximum Gasteiger partial charge on any atom is 0.146 e. The molecule has 0 spiro atoms. The summed E-state index contributed by atoms with van der Waals surface area (Å²) in [6, 6.07) is 13.9. The van der Waals surface area contributed by atoms with Gasteiger partial charge in [0, 0.05) is 0 Å². The van der Waals surface area contributed by atoms with Crippen LogP contribution in [-0.4, -0.2) is 5.11 Å². The van der Waals surface area contributed by atoms with Crippen LogP contribution in [0.1, 0.15) is 11.1 Å². The van der Waals surface area contributed by atoms with Crippen LogP contribution in [0.4, 0.5) is 0 Å². The molecule has 18 heavy (non-hydrogen) atoms. The Morgan fingerprint density at radius 3 is 2.72 bits per heavy atom. The van der Waals surface area contributed by atoms with Crippen molar-refractivity contribution in [3.8, 4) is 17.6 Å². The third-order valence-corrected chi connectivity index (χ3v) is 2.67. The molecule has 4 heteroatoms. The van der Waals surface area contributed by atoms with Gasteiger partial charge in [0.15, 0.2) is 0 Å². The summed E-state index contributed by atoms with van der Waals surface area (Å²) in [7, 11) is 0. The van der Waals surface area contributed by atoms with Crippen LogP contribution in [0, 0.1) is 11.3 Å². The number of nitriles is 1. The van der Waals surface area contributed by atoms with Gasteiger partial charge in [0.2, 0.25) is 0 Å². The minimum atomic E-state index is -0.0656. The van der Waals surface area contributed by atoms with Crippen LogP contribution in [0.2, 0.25) is 5.02 Å². The SMILES string of the molecule is N#Cc1cccc(Oc2ccc(CO)cc2Cl)c1. The van der Waals surface area contributed by atoms with Crippen molar-refractivity contribution in [2.45, 2.75) is 6.61 Å². The van der Waals surface area contributed by atoms with Gasteiger partial charge in [-0.2, -0.15) is 5.26 Å². The lowest BCUT2D eigenvalue weighted by atomic mass is 10.2. The summed E-state index contributed by atoms with van der Waals surface area (Å²) < 4.78 is 5.59. The molecule has 0 saturated heterocycles. The summed E-state index contributed by atoms with van der Waals surface area (Å²) in [5, 5.41) is 18.2. The monoisotopic (exact) mass is 259 g/mol. The highest BCUT2D eigenvalue weighted by atomic mass is 35.5. The van der Waals surface area contributed by atoms with E-state index in [4.69, 9.17) is 26.7 Å². The molecule has 2 aromatic rings. The Balaban J connectivity index is 2.26. The zero-order chi connectivity index (χ0) is 13.0. The molecule has 0 unspecified atom stereocenters. The molecule has 0 bridgehead atoms. The average molecular weight is 260 g/mol. The van der Waals surface area contributed by atoms with Crippen molar-refractivity contribution in [2.75, 3.05) is 0 Å². The van der Waals surface area contributed by atoms with E-state index in [0.717, 1.165) is 5.56 Å². The maximum atomic E-state index is 8.98. The lowest BCUT2D eigenvalue weighted by Gasteiger charge is -2.08. The topological polar surface area (TPSA) is 53.2 Å². The molecule has 0 amide bonds. The van der Waals surface area contributed by atoms with E-state index in [1.54, 1.807) is 42.5 Å². The van der Waals surface area contributed by atoms with E-state index in [2.05, 4.69) is 0 Å². The number of benzene rings is 2. The fourth-order valence-corrected chi connectivity index (χ4v) is 1.72. The van der Waals surface area contributed by atoms with Crippen molar-refractivity contribution >= 4 is 11.6 Å². The smallest absolute Gasteiger partial charge is 0.146 e. The second-order valence-electron chi connectivity index (χ2n) is 3.66. The Hall–Kier alpha value is -2.02. The standard InChI is InChI=1S/C14H10ClNO2/c15-13-7-11(9-17)4-5-14(13)18-12-3-1-2-10(6-12)8-16/h1-7,17H,9H2. The summed E-state index contributed by atoms with van der Waals surface area (Å²) in [4.78, 5) is 0. The Labute approximate surface area is 110 Å². The highest BCUT2D eigenvalue weighted by Crippen LogP contribution is 2.30. The van der Waals surface area contributed by atoms with E-state index in [1.807, 2.05) is 6.07 Å². The van der Waals surface area contributed by atoms with Gasteiger partial charge in [-0.15, -0.1) is 0 Å². The molecule has 90 valence electrons. The van der Waals surface area contributed by atoms with Gasteiger partial charge in [-0.05, 0) is 35.9 Å². The molecule has 0 atom stereocenters. The maximum absolute atomic E-state index is 8.98. The second-order valence-corrected chi connectivity index (χ2v) is 4.07. The van der Waals surface area contributed by atoms with Gasteiger partial charge in [-0.1, -0.05) is 23.7 Å². The van der Waals surface area contributed by atoms with Crippen LogP contribution in [0.5, 0.6) is 11.5 Å². The summed E-state index contributed by atoms with van der Waals surface area (Å²) >= 11 is 6.03. The number of aliphatic hydroxyl groups is 1. The molecule has 0 fully saturated rings. The summed E-state index contributed by atoms with van der Waals surface area (Å²) in [5.74, 6) is 1.04. The van der Waals surface area contributed by atoms with Crippen LogP contribution < -0.4 is 4.74 Å². The molecule has 0 heterocycles. The molecule has 2 aromatic carbocycles. The molecule has 1 N–H and O–H groups in total. The highest BCUT2D eigenvalue weighted by Gasteiger charge is 2.05. The Kier molecular flexibility index (Phi) is 3.83. The molecule has 0 radical (unpaired) electrons. The van der Waals surface area contributed by atoms with E-state index in [9.17, 15) is 0 Å². The molecule has 3 nitrogen and oxygen atoms in total. The number of halogens is 1. The molecular formula is C14H10ClNO2. The van der Waals surface area contributed by atoms with Gasteiger partial charge < -0.3 is 9.84 Å². The van der Waals surface area contributed by atoms with Gasteiger partial charge >= 0.3 is 0 Å². The fraction of sp³-hybridized carbons (Fsp3) is 0.0714. The molecule has 2 rings (SSSR count). The largest absolute Gasteiger partial charge is 0.456 e. The minimum absolute atomic E-state index is 0.0656. The van der Waals surface area contributed by atoms with Crippen LogP contribution >= 0.6 is 11.6 Å². The first-order valence-corrected chi connectivity index (χ1v) is 5.68. The van der Waals surface area contributed by atoms with Gasteiger partial charge in [-0.3, -0.25) is 0 Å². The predicted molar refractivity (Wildman–Crippen MR) is 68.6 cm³/mol. The first-order valence-electron chi connectivity index (χ1n) is 5.30. The lowest BCUT2D eigenvalue weighted by molar-refractivity contribution is 0.281. The molecule has 0 aliphatic rings. The first-order chi connectivity index (χ1) is 8.72. The van der Waals surface area contributed by atoms with Crippen molar-refractivity contribution in [3.63, 3.8) is 0 Å².